The summed E-state index contributed by atoms with van der Waals surface area (Å²) in [7, 11) is 0. The Bertz CT molecular complexity index is 1590. The average molecular weight is 537 g/mol. The van der Waals surface area contributed by atoms with Crippen LogP contribution in [0.4, 0.5) is 0 Å². The Labute approximate surface area is 234 Å². The molecular weight excluding hydrogens is 504 g/mol. The Balaban J connectivity index is 1.77. The van der Waals surface area contributed by atoms with Crippen LogP contribution >= 0.6 is 0 Å². The molecule has 0 unspecified atom stereocenters. The minimum atomic E-state index is -0.433. The Morgan fingerprint density at radius 1 is 0.575 bits per heavy atom. The van der Waals surface area contributed by atoms with Crippen LogP contribution in [0.15, 0.2) is 72.8 Å². The summed E-state index contributed by atoms with van der Waals surface area (Å²) in [5, 5.41) is 11.3. The third kappa shape index (κ3) is 5.71. The fourth-order valence-corrected chi connectivity index (χ4v) is 5.38. The van der Waals surface area contributed by atoms with Crippen LogP contribution in [0.5, 0.6) is 23.0 Å². The SMILES string of the molecule is CCOc1c2cccc1Cc1cccc(c1OC(C)=O)Cc1cccc(c1OC(C)=O)Cc1cccc(c1O)C2. The van der Waals surface area contributed by atoms with E-state index in [9.17, 15) is 14.7 Å². The van der Waals surface area contributed by atoms with Gasteiger partial charge in [-0.1, -0.05) is 72.8 Å². The van der Waals surface area contributed by atoms with Crippen LogP contribution in [0, 0.1) is 0 Å². The molecule has 0 heterocycles. The van der Waals surface area contributed by atoms with Gasteiger partial charge < -0.3 is 19.3 Å². The van der Waals surface area contributed by atoms with Crippen molar-refractivity contribution in [2.24, 2.45) is 0 Å². The van der Waals surface area contributed by atoms with Crippen molar-refractivity contribution in [1.82, 2.24) is 0 Å². The highest BCUT2D eigenvalue weighted by Gasteiger charge is 2.21. The van der Waals surface area contributed by atoms with Gasteiger partial charge in [-0.3, -0.25) is 9.59 Å². The van der Waals surface area contributed by atoms with E-state index < -0.39 is 11.9 Å². The summed E-state index contributed by atoms with van der Waals surface area (Å²) in [4.78, 5) is 24.4. The molecule has 204 valence electrons. The molecule has 8 bridgehead atoms. The van der Waals surface area contributed by atoms with E-state index in [0.717, 1.165) is 50.3 Å². The number of para-hydroxylation sites is 4. The topological polar surface area (TPSA) is 82.1 Å². The van der Waals surface area contributed by atoms with Crippen molar-refractivity contribution in [3.05, 3.63) is 117 Å². The second kappa shape index (κ2) is 11.7. The van der Waals surface area contributed by atoms with Gasteiger partial charge in [0, 0.05) is 39.5 Å². The van der Waals surface area contributed by atoms with E-state index in [1.165, 1.54) is 13.8 Å². The summed E-state index contributed by atoms with van der Waals surface area (Å²) in [5.41, 5.74) is 6.59. The van der Waals surface area contributed by atoms with E-state index in [1.54, 1.807) is 0 Å². The molecule has 4 aromatic carbocycles. The molecule has 6 nitrogen and oxygen atoms in total. The standard InChI is InChI=1S/C34H32O6/c1-4-38-32-25-11-6-12-26(32)19-28-14-8-16-30(34(28)40-22(3)36)20-29-15-7-13-27(33(29)39-21(2)35)18-24-10-5-9-23(17-25)31(24)37/h5-16,37H,4,17-20H2,1-3H3. The fourth-order valence-electron chi connectivity index (χ4n) is 5.38. The van der Waals surface area contributed by atoms with Gasteiger partial charge in [0.1, 0.15) is 23.0 Å². The molecule has 0 saturated heterocycles. The Morgan fingerprint density at radius 2 is 0.875 bits per heavy atom. The predicted octanol–water partition coefficient (Wildman–Crippen LogP) is 6.32. The quantitative estimate of drug-likeness (QED) is 0.214. The molecule has 1 aliphatic carbocycles. The van der Waals surface area contributed by atoms with Crippen molar-refractivity contribution in [3.63, 3.8) is 0 Å². The Kier molecular flexibility index (Phi) is 7.87. The lowest BCUT2D eigenvalue weighted by atomic mass is 9.91. The highest BCUT2D eigenvalue weighted by atomic mass is 16.5. The van der Waals surface area contributed by atoms with E-state index in [0.29, 0.717) is 43.8 Å². The molecule has 0 amide bonds. The summed E-state index contributed by atoms with van der Waals surface area (Å²) in [6, 6.07) is 23.3. The number of aromatic hydroxyl groups is 1. The lowest BCUT2D eigenvalue weighted by molar-refractivity contribution is -0.132. The number of carbonyl (C=O) groups excluding carboxylic acids is 2. The summed E-state index contributed by atoms with van der Waals surface area (Å²) in [5.74, 6) is 1.08. The third-order valence-corrected chi connectivity index (χ3v) is 7.04. The maximum absolute atomic E-state index is 12.2. The van der Waals surface area contributed by atoms with Crippen molar-refractivity contribution in [1.29, 1.82) is 0 Å². The average Bonchev–Trinajstić information content (AvgIpc) is 2.90. The minimum Gasteiger partial charge on any atom is -0.507 e. The first-order valence-electron chi connectivity index (χ1n) is 13.5. The molecule has 1 N–H and O–H groups in total. The normalized spacial score (nSPS) is 12.4. The fraction of sp³-hybridized carbons (Fsp3) is 0.235. The third-order valence-electron chi connectivity index (χ3n) is 7.04. The zero-order valence-electron chi connectivity index (χ0n) is 23.0. The predicted molar refractivity (Wildman–Crippen MR) is 152 cm³/mol. The number of phenols is 1. The van der Waals surface area contributed by atoms with Gasteiger partial charge in [0.25, 0.3) is 0 Å². The Morgan fingerprint density at radius 3 is 1.20 bits per heavy atom. The first-order valence-corrected chi connectivity index (χ1v) is 13.5. The first-order chi connectivity index (χ1) is 19.3. The number of carbonyl (C=O) groups is 2. The Hall–Kier alpha value is -4.58. The largest absolute Gasteiger partial charge is 0.507 e. The van der Waals surface area contributed by atoms with E-state index in [-0.39, 0.29) is 5.75 Å². The van der Waals surface area contributed by atoms with Gasteiger partial charge in [0.15, 0.2) is 0 Å². The van der Waals surface area contributed by atoms with Crippen molar-refractivity contribution >= 4 is 11.9 Å². The molecule has 0 aromatic heterocycles. The number of benzene rings is 4. The number of hydrogen-bond donors (Lipinski definition) is 1. The molecule has 5 rings (SSSR count). The molecule has 6 heteroatoms. The number of hydrogen-bond acceptors (Lipinski definition) is 6. The number of rotatable bonds is 4. The maximum atomic E-state index is 12.2. The van der Waals surface area contributed by atoms with Gasteiger partial charge in [-0.05, 0) is 51.4 Å². The monoisotopic (exact) mass is 536 g/mol. The summed E-state index contributed by atoms with van der Waals surface area (Å²) >= 11 is 0. The molecule has 0 radical (unpaired) electrons. The van der Waals surface area contributed by atoms with Gasteiger partial charge in [0.2, 0.25) is 0 Å². The highest BCUT2D eigenvalue weighted by Crippen LogP contribution is 2.38. The van der Waals surface area contributed by atoms with Crippen LogP contribution in [0.3, 0.4) is 0 Å². The molecule has 0 spiro atoms. The van der Waals surface area contributed by atoms with Crippen molar-refractivity contribution in [2.75, 3.05) is 6.61 Å². The summed E-state index contributed by atoms with van der Waals surface area (Å²) in [6.45, 7) is 5.20. The van der Waals surface area contributed by atoms with Crippen LogP contribution in [0.25, 0.3) is 0 Å². The van der Waals surface area contributed by atoms with E-state index >= 15 is 0 Å². The molecule has 0 saturated carbocycles. The van der Waals surface area contributed by atoms with E-state index in [4.69, 9.17) is 14.2 Å². The van der Waals surface area contributed by atoms with Gasteiger partial charge in [-0.2, -0.15) is 0 Å². The smallest absolute Gasteiger partial charge is 0.308 e. The number of phenolic OH excluding ortho intramolecular Hbond substituents is 1. The van der Waals surface area contributed by atoms with Crippen LogP contribution < -0.4 is 14.2 Å². The highest BCUT2D eigenvalue weighted by molar-refractivity contribution is 5.72. The lowest BCUT2D eigenvalue weighted by Gasteiger charge is -2.20. The van der Waals surface area contributed by atoms with E-state index in [2.05, 4.69) is 0 Å². The van der Waals surface area contributed by atoms with Crippen LogP contribution in [0.1, 0.15) is 65.3 Å². The summed E-state index contributed by atoms with van der Waals surface area (Å²) < 4.78 is 17.7. The molecule has 1 aliphatic rings. The molecule has 4 aromatic rings. The van der Waals surface area contributed by atoms with Gasteiger partial charge in [0.05, 0.1) is 6.61 Å². The van der Waals surface area contributed by atoms with E-state index in [1.807, 2.05) is 79.7 Å². The number of esters is 2. The van der Waals surface area contributed by atoms with Crippen molar-refractivity contribution in [2.45, 2.75) is 46.5 Å². The summed E-state index contributed by atoms with van der Waals surface area (Å²) in [6.07, 6.45) is 1.68. The van der Waals surface area contributed by atoms with Crippen molar-refractivity contribution in [3.8, 4) is 23.0 Å². The second-order valence-electron chi connectivity index (χ2n) is 9.97. The minimum absolute atomic E-state index is 0.212. The van der Waals surface area contributed by atoms with Gasteiger partial charge in [-0.25, -0.2) is 0 Å². The zero-order valence-corrected chi connectivity index (χ0v) is 23.0. The lowest BCUT2D eigenvalue weighted by Crippen LogP contribution is -2.11. The second-order valence-corrected chi connectivity index (χ2v) is 9.97. The molecular formula is C34H32O6. The maximum Gasteiger partial charge on any atom is 0.308 e. The zero-order chi connectivity index (χ0) is 28.2. The van der Waals surface area contributed by atoms with Gasteiger partial charge >= 0.3 is 11.9 Å². The molecule has 0 aliphatic heterocycles. The van der Waals surface area contributed by atoms with Crippen LogP contribution in [0.2, 0.25) is 0 Å². The number of ether oxygens (including phenoxy) is 3. The molecule has 0 fully saturated rings. The number of fused-ring (bicyclic) bond motifs is 8. The van der Waals surface area contributed by atoms with Crippen molar-refractivity contribution < 1.29 is 28.9 Å². The first kappa shape index (κ1) is 27.0. The van der Waals surface area contributed by atoms with Crippen LogP contribution in [-0.4, -0.2) is 23.7 Å². The van der Waals surface area contributed by atoms with Gasteiger partial charge in [-0.15, -0.1) is 0 Å². The molecule has 0 atom stereocenters. The molecule has 40 heavy (non-hydrogen) atoms. The van der Waals surface area contributed by atoms with Crippen LogP contribution in [-0.2, 0) is 35.3 Å².